The van der Waals surface area contributed by atoms with Crippen molar-refractivity contribution in [1.29, 1.82) is 0 Å². The van der Waals surface area contributed by atoms with Crippen molar-refractivity contribution in [3.05, 3.63) is 94.9 Å². The van der Waals surface area contributed by atoms with Crippen LogP contribution in [0.15, 0.2) is 78.9 Å². The zero-order chi connectivity index (χ0) is 24.8. The van der Waals surface area contributed by atoms with Gasteiger partial charge < -0.3 is 5.32 Å². The molecule has 0 saturated carbocycles. The standard InChI is InChI=1S/C25H24N2O2S.2C2H6/c28-25(27-29)24-17-22-16-21(10-11-23(22)30-24)20-8-6-19(7-9-20)13-15-26-14-12-18-4-2-1-3-5-18;2*1-2/h1-11,16-17,26,29H,12-15H2,(H,27,28);2*1-2H3. The Labute approximate surface area is 207 Å². The molecule has 0 unspecified atom stereocenters. The number of amides is 1. The predicted molar refractivity (Wildman–Crippen MR) is 146 cm³/mol. The first kappa shape index (κ1) is 27.3. The van der Waals surface area contributed by atoms with E-state index < -0.39 is 5.91 Å². The smallest absolute Gasteiger partial charge is 0.284 e. The van der Waals surface area contributed by atoms with E-state index in [4.69, 9.17) is 5.21 Å². The summed E-state index contributed by atoms with van der Waals surface area (Å²) in [7, 11) is 0. The highest BCUT2D eigenvalue weighted by atomic mass is 32.1. The molecule has 3 N–H and O–H groups in total. The van der Waals surface area contributed by atoms with E-state index in [9.17, 15) is 4.79 Å². The second-order valence-electron chi connectivity index (χ2n) is 7.24. The van der Waals surface area contributed by atoms with Crippen LogP contribution in [0.4, 0.5) is 0 Å². The van der Waals surface area contributed by atoms with Gasteiger partial charge in [-0.05, 0) is 71.8 Å². The molecule has 180 valence electrons. The number of benzene rings is 3. The van der Waals surface area contributed by atoms with Crippen molar-refractivity contribution < 1.29 is 10.0 Å². The summed E-state index contributed by atoms with van der Waals surface area (Å²) in [5, 5.41) is 13.3. The highest BCUT2D eigenvalue weighted by molar-refractivity contribution is 7.20. The number of carbonyl (C=O) groups excluding carboxylic acids is 1. The number of rotatable bonds is 8. The van der Waals surface area contributed by atoms with Crippen molar-refractivity contribution in [2.45, 2.75) is 40.5 Å². The van der Waals surface area contributed by atoms with Crippen molar-refractivity contribution >= 4 is 27.3 Å². The molecule has 1 aromatic heterocycles. The molecule has 0 spiro atoms. The number of thiophene rings is 1. The third-order valence-electron chi connectivity index (χ3n) is 5.15. The van der Waals surface area contributed by atoms with Gasteiger partial charge in [-0.3, -0.25) is 10.0 Å². The van der Waals surface area contributed by atoms with Gasteiger partial charge in [0.15, 0.2) is 0 Å². The van der Waals surface area contributed by atoms with E-state index in [0.29, 0.717) is 4.88 Å². The van der Waals surface area contributed by atoms with Gasteiger partial charge in [0.1, 0.15) is 0 Å². The molecule has 0 atom stereocenters. The average Bonchev–Trinajstić information content (AvgIpc) is 3.35. The molecule has 4 rings (SSSR count). The summed E-state index contributed by atoms with van der Waals surface area (Å²) in [5.41, 5.74) is 6.63. The summed E-state index contributed by atoms with van der Waals surface area (Å²) in [4.78, 5) is 12.1. The third-order valence-corrected chi connectivity index (χ3v) is 6.27. The molecule has 0 aliphatic heterocycles. The van der Waals surface area contributed by atoms with E-state index in [0.717, 1.165) is 47.1 Å². The van der Waals surface area contributed by atoms with Crippen molar-refractivity contribution in [3.63, 3.8) is 0 Å². The molecule has 0 fully saturated rings. The van der Waals surface area contributed by atoms with E-state index in [1.165, 1.54) is 22.5 Å². The number of hydrogen-bond donors (Lipinski definition) is 3. The maximum Gasteiger partial charge on any atom is 0.284 e. The van der Waals surface area contributed by atoms with Gasteiger partial charge in [-0.25, -0.2) is 5.48 Å². The van der Waals surface area contributed by atoms with E-state index in [2.05, 4.69) is 66.0 Å². The molecule has 1 heterocycles. The predicted octanol–water partition coefficient (Wildman–Crippen LogP) is 7.11. The Hall–Kier alpha value is -2.99. The average molecular weight is 477 g/mol. The van der Waals surface area contributed by atoms with Gasteiger partial charge in [-0.2, -0.15) is 0 Å². The number of nitrogens with one attached hydrogen (secondary N) is 2. The molecule has 4 aromatic rings. The topological polar surface area (TPSA) is 61.4 Å². The zero-order valence-electron chi connectivity index (χ0n) is 20.6. The molecule has 0 radical (unpaired) electrons. The summed E-state index contributed by atoms with van der Waals surface area (Å²) in [6.45, 7) is 9.95. The van der Waals surface area contributed by atoms with Gasteiger partial charge in [-0.1, -0.05) is 88.4 Å². The van der Waals surface area contributed by atoms with Gasteiger partial charge in [0.2, 0.25) is 0 Å². The van der Waals surface area contributed by atoms with Crippen molar-refractivity contribution in [1.82, 2.24) is 10.8 Å². The highest BCUT2D eigenvalue weighted by Crippen LogP contribution is 2.30. The highest BCUT2D eigenvalue weighted by Gasteiger charge is 2.10. The second kappa shape index (κ2) is 15.0. The summed E-state index contributed by atoms with van der Waals surface area (Å²) in [5.74, 6) is -0.473. The van der Waals surface area contributed by atoms with Gasteiger partial charge in [0.05, 0.1) is 4.88 Å². The zero-order valence-corrected chi connectivity index (χ0v) is 21.4. The Morgan fingerprint density at radius 3 is 1.97 bits per heavy atom. The lowest BCUT2D eigenvalue weighted by Crippen LogP contribution is -2.20. The lowest BCUT2D eigenvalue weighted by Gasteiger charge is -2.07. The van der Waals surface area contributed by atoms with Crippen LogP contribution < -0.4 is 10.8 Å². The molecular weight excluding hydrogens is 440 g/mol. The number of hydrogen-bond acceptors (Lipinski definition) is 4. The third kappa shape index (κ3) is 7.80. The molecule has 4 nitrogen and oxygen atoms in total. The van der Waals surface area contributed by atoms with E-state index in [1.54, 1.807) is 5.48 Å². The SMILES string of the molecule is CC.CC.O=C(NO)c1cc2cc(-c3ccc(CCNCCc4ccccc4)cc3)ccc2s1. The monoisotopic (exact) mass is 476 g/mol. The minimum Gasteiger partial charge on any atom is -0.316 e. The molecule has 0 saturated heterocycles. The fraction of sp³-hybridized carbons (Fsp3) is 0.276. The summed E-state index contributed by atoms with van der Waals surface area (Å²) >= 11 is 1.37. The number of fused-ring (bicyclic) bond motifs is 1. The lowest BCUT2D eigenvalue weighted by molar-refractivity contribution is 0.0711. The Bertz CT molecular complexity index is 1120. The largest absolute Gasteiger partial charge is 0.316 e. The fourth-order valence-corrected chi connectivity index (χ4v) is 4.42. The molecule has 1 amide bonds. The Balaban J connectivity index is 0.000000970. The Morgan fingerprint density at radius 1 is 0.765 bits per heavy atom. The molecule has 34 heavy (non-hydrogen) atoms. The van der Waals surface area contributed by atoms with Gasteiger partial charge >= 0.3 is 0 Å². The first-order valence-electron chi connectivity index (χ1n) is 12.0. The van der Waals surface area contributed by atoms with E-state index >= 15 is 0 Å². The normalized spacial score (nSPS) is 10.0. The minimum absolute atomic E-state index is 0.473. The van der Waals surface area contributed by atoms with Crippen LogP contribution in [-0.2, 0) is 12.8 Å². The van der Waals surface area contributed by atoms with Gasteiger partial charge in [-0.15, -0.1) is 11.3 Å². The van der Waals surface area contributed by atoms with Crippen LogP contribution in [0.1, 0.15) is 48.5 Å². The lowest BCUT2D eigenvalue weighted by atomic mass is 10.0. The molecule has 0 aliphatic carbocycles. The first-order chi connectivity index (χ1) is 16.7. The Kier molecular flexibility index (Phi) is 12.0. The van der Waals surface area contributed by atoms with Crippen molar-refractivity contribution in [2.75, 3.05) is 13.1 Å². The molecule has 5 heteroatoms. The van der Waals surface area contributed by atoms with Crippen LogP contribution in [0.5, 0.6) is 0 Å². The van der Waals surface area contributed by atoms with Crippen LogP contribution >= 0.6 is 11.3 Å². The van der Waals surface area contributed by atoms with Gasteiger partial charge in [0, 0.05) is 4.70 Å². The maximum atomic E-state index is 11.6. The minimum atomic E-state index is -0.473. The first-order valence-corrected chi connectivity index (χ1v) is 12.9. The van der Waals surface area contributed by atoms with E-state index in [1.807, 2.05) is 45.9 Å². The van der Waals surface area contributed by atoms with Crippen molar-refractivity contribution in [2.24, 2.45) is 0 Å². The molecule has 0 bridgehead atoms. The summed E-state index contributed by atoms with van der Waals surface area (Å²) in [6, 6.07) is 27.2. The fourth-order valence-electron chi connectivity index (χ4n) is 3.49. The number of carbonyl (C=O) groups is 1. The van der Waals surface area contributed by atoms with Gasteiger partial charge in [0.25, 0.3) is 5.91 Å². The van der Waals surface area contributed by atoms with Crippen molar-refractivity contribution in [3.8, 4) is 11.1 Å². The quantitative estimate of drug-likeness (QED) is 0.144. The van der Waals surface area contributed by atoms with E-state index in [-0.39, 0.29) is 0 Å². The second-order valence-corrected chi connectivity index (χ2v) is 8.32. The Morgan fingerprint density at radius 2 is 1.35 bits per heavy atom. The van der Waals surface area contributed by atoms with Crippen LogP contribution in [-0.4, -0.2) is 24.2 Å². The van der Waals surface area contributed by atoms with Crippen LogP contribution in [0.3, 0.4) is 0 Å². The van der Waals surface area contributed by atoms with Crippen LogP contribution in [0, 0.1) is 0 Å². The van der Waals surface area contributed by atoms with Crippen LogP contribution in [0.2, 0.25) is 0 Å². The summed E-state index contributed by atoms with van der Waals surface area (Å²) in [6.07, 6.45) is 2.05. The molecule has 0 aliphatic rings. The molecule has 3 aromatic carbocycles. The number of hydroxylamine groups is 1. The molecular formula is C29H36N2O2S. The maximum absolute atomic E-state index is 11.6. The summed E-state index contributed by atoms with van der Waals surface area (Å²) < 4.78 is 1.02. The van der Waals surface area contributed by atoms with Crippen LogP contribution in [0.25, 0.3) is 21.2 Å².